The molecule has 3 heteroatoms. The van der Waals surface area contributed by atoms with Gasteiger partial charge in [0.25, 0.3) is 0 Å². The molecule has 1 aliphatic heterocycles. The molecule has 0 aromatic heterocycles. The average molecular weight is 338 g/mol. The van der Waals surface area contributed by atoms with E-state index in [2.05, 4.69) is 60.8 Å². The van der Waals surface area contributed by atoms with Gasteiger partial charge in [-0.1, -0.05) is 42.8 Å². The fourth-order valence-electron chi connectivity index (χ4n) is 3.59. The lowest BCUT2D eigenvalue weighted by atomic mass is 9.96. The van der Waals surface area contributed by atoms with Crippen molar-refractivity contribution < 1.29 is 0 Å². The average Bonchev–Trinajstić information content (AvgIpc) is 2.61. The summed E-state index contributed by atoms with van der Waals surface area (Å²) in [6.07, 6.45) is 2.67. The van der Waals surface area contributed by atoms with Crippen molar-refractivity contribution in [2.75, 3.05) is 18.5 Å². The van der Waals surface area contributed by atoms with E-state index in [1.807, 2.05) is 18.2 Å². The van der Waals surface area contributed by atoms with Crippen LogP contribution in [-0.2, 0) is 13.1 Å². The molecular weight excluding hydrogens is 306 g/mol. The van der Waals surface area contributed by atoms with Gasteiger partial charge in [0.2, 0.25) is 0 Å². The number of nitrogens with one attached hydrogen (secondary N) is 2. The van der Waals surface area contributed by atoms with Crippen LogP contribution in [0.2, 0.25) is 0 Å². The third kappa shape index (κ3) is 5.07. The van der Waals surface area contributed by atoms with Crippen LogP contribution in [0.25, 0.3) is 0 Å². The number of hydrogen-bond acceptors (Lipinski definition) is 3. The highest BCUT2D eigenvalue weighted by molar-refractivity contribution is 5.42. The maximum absolute atomic E-state index is 3.36. The molecule has 1 fully saturated rings. The van der Waals surface area contributed by atoms with E-state index in [1.54, 1.807) is 0 Å². The molecule has 0 saturated carbocycles. The Morgan fingerprint density at radius 2 is 1.68 bits per heavy atom. The van der Waals surface area contributed by atoms with E-state index in [1.165, 1.54) is 48.2 Å². The quantitative estimate of drug-likeness (QED) is 0.751. The van der Waals surface area contributed by atoms with Gasteiger partial charge in [-0.3, -0.25) is 4.90 Å². The Hall–Kier alpha value is -1.84. The number of anilines is 1. The van der Waals surface area contributed by atoms with Gasteiger partial charge in [-0.15, -0.1) is 0 Å². The minimum Gasteiger partial charge on any atom is -0.321 e. The standard InChI is InChI=1S/C22H31N3/c1-17-9-11-25(12-10-17)16-21-14-18(2)13-20(19(21)3)15-23-24-22-7-5-4-6-8-22/h4-8,13-14,17,23-24H,9-12,15-16H2,1-3H3. The number of aryl methyl sites for hydroxylation is 1. The van der Waals surface area contributed by atoms with Crippen LogP contribution in [0.5, 0.6) is 0 Å². The number of nitrogens with zero attached hydrogens (tertiary/aromatic N) is 1. The molecule has 0 aliphatic carbocycles. The highest BCUT2D eigenvalue weighted by Crippen LogP contribution is 2.22. The van der Waals surface area contributed by atoms with Gasteiger partial charge in [-0.2, -0.15) is 0 Å². The first kappa shape index (κ1) is 18.0. The van der Waals surface area contributed by atoms with Crippen LogP contribution in [-0.4, -0.2) is 18.0 Å². The fraction of sp³-hybridized carbons (Fsp3) is 0.455. The number of likely N-dealkylation sites (tertiary alicyclic amines) is 1. The Kier molecular flexibility index (Phi) is 6.11. The largest absolute Gasteiger partial charge is 0.321 e. The molecule has 0 spiro atoms. The van der Waals surface area contributed by atoms with E-state index < -0.39 is 0 Å². The SMILES string of the molecule is Cc1cc(CNNc2ccccc2)c(C)c(CN2CCC(C)CC2)c1. The topological polar surface area (TPSA) is 27.3 Å². The van der Waals surface area contributed by atoms with Crippen molar-refractivity contribution >= 4 is 5.69 Å². The lowest BCUT2D eigenvalue weighted by Gasteiger charge is -2.31. The molecule has 3 nitrogen and oxygen atoms in total. The molecule has 2 N–H and O–H groups in total. The highest BCUT2D eigenvalue weighted by Gasteiger charge is 2.17. The van der Waals surface area contributed by atoms with Crippen LogP contribution in [0.15, 0.2) is 42.5 Å². The van der Waals surface area contributed by atoms with Crippen molar-refractivity contribution in [3.63, 3.8) is 0 Å². The molecule has 2 aromatic rings. The zero-order valence-corrected chi connectivity index (χ0v) is 15.8. The number of hydrogen-bond donors (Lipinski definition) is 2. The van der Waals surface area contributed by atoms with E-state index in [0.717, 1.165) is 24.7 Å². The summed E-state index contributed by atoms with van der Waals surface area (Å²) in [5.41, 5.74) is 13.4. The first-order valence-electron chi connectivity index (χ1n) is 9.47. The van der Waals surface area contributed by atoms with Crippen molar-refractivity contribution in [2.45, 2.75) is 46.7 Å². The summed E-state index contributed by atoms with van der Waals surface area (Å²) in [6.45, 7) is 11.2. The zero-order valence-electron chi connectivity index (χ0n) is 15.8. The summed E-state index contributed by atoms with van der Waals surface area (Å²) in [5, 5.41) is 0. The highest BCUT2D eigenvalue weighted by atomic mass is 15.3. The summed E-state index contributed by atoms with van der Waals surface area (Å²) in [7, 11) is 0. The Balaban J connectivity index is 1.63. The Bertz CT molecular complexity index is 673. The smallest absolute Gasteiger partial charge is 0.0487 e. The molecular formula is C22H31N3. The molecule has 1 aliphatic rings. The maximum Gasteiger partial charge on any atom is 0.0487 e. The molecule has 0 amide bonds. The van der Waals surface area contributed by atoms with Crippen molar-refractivity contribution in [2.24, 2.45) is 5.92 Å². The summed E-state index contributed by atoms with van der Waals surface area (Å²) >= 11 is 0. The van der Waals surface area contributed by atoms with E-state index in [0.29, 0.717) is 0 Å². The monoisotopic (exact) mass is 337 g/mol. The number of benzene rings is 2. The van der Waals surface area contributed by atoms with Crippen LogP contribution < -0.4 is 10.9 Å². The number of para-hydroxylation sites is 1. The zero-order chi connectivity index (χ0) is 17.6. The number of rotatable bonds is 6. The summed E-state index contributed by atoms with van der Waals surface area (Å²) < 4.78 is 0. The molecule has 1 heterocycles. The molecule has 0 unspecified atom stereocenters. The Morgan fingerprint density at radius 1 is 1.00 bits per heavy atom. The lowest BCUT2D eigenvalue weighted by Crippen LogP contribution is -2.32. The lowest BCUT2D eigenvalue weighted by molar-refractivity contribution is 0.185. The molecule has 3 rings (SSSR count). The van der Waals surface area contributed by atoms with Crippen LogP contribution in [0, 0.1) is 19.8 Å². The van der Waals surface area contributed by atoms with Crippen molar-refractivity contribution in [1.82, 2.24) is 10.3 Å². The predicted octanol–water partition coefficient (Wildman–Crippen LogP) is 4.65. The second kappa shape index (κ2) is 8.50. The predicted molar refractivity (Wildman–Crippen MR) is 106 cm³/mol. The first-order chi connectivity index (χ1) is 12.1. The molecule has 0 radical (unpaired) electrons. The minimum atomic E-state index is 0.826. The van der Waals surface area contributed by atoms with E-state index in [9.17, 15) is 0 Å². The molecule has 0 atom stereocenters. The van der Waals surface area contributed by atoms with Gasteiger partial charge >= 0.3 is 0 Å². The van der Waals surface area contributed by atoms with Gasteiger partial charge in [0.15, 0.2) is 0 Å². The second-order valence-electron chi connectivity index (χ2n) is 7.51. The van der Waals surface area contributed by atoms with Gasteiger partial charge in [-0.05, 0) is 74.5 Å². The first-order valence-corrected chi connectivity index (χ1v) is 9.47. The minimum absolute atomic E-state index is 0.826. The van der Waals surface area contributed by atoms with E-state index in [4.69, 9.17) is 0 Å². The van der Waals surface area contributed by atoms with Gasteiger partial charge in [0.1, 0.15) is 0 Å². The summed E-state index contributed by atoms with van der Waals surface area (Å²) in [5.74, 6) is 0.888. The number of hydrazine groups is 1. The second-order valence-corrected chi connectivity index (χ2v) is 7.51. The van der Waals surface area contributed by atoms with Crippen molar-refractivity contribution in [3.05, 3.63) is 64.7 Å². The summed E-state index contributed by atoms with van der Waals surface area (Å²) in [4.78, 5) is 2.61. The molecule has 1 saturated heterocycles. The van der Waals surface area contributed by atoms with Crippen LogP contribution >= 0.6 is 0 Å². The van der Waals surface area contributed by atoms with Crippen LogP contribution in [0.4, 0.5) is 5.69 Å². The van der Waals surface area contributed by atoms with Crippen molar-refractivity contribution in [1.29, 1.82) is 0 Å². The van der Waals surface area contributed by atoms with E-state index in [-0.39, 0.29) is 0 Å². The van der Waals surface area contributed by atoms with Crippen LogP contribution in [0.3, 0.4) is 0 Å². The Morgan fingerprint density at radius 3 is 2.40 bits per heavy atom. The molecule has 0 bridgehead atoms. The molecule has 2 aromatic carbocycles. The third-order valence-electron chi connectivity index (χ3n) is 5.32. The third-order valence-corrected chi connectivity index (χ3v) is 5.32. The van der Waals surface area contributed by atoms with Crippen LogP contribution in [0.1, 0.15) is 42.0 Å². The molecule has 25 heavy (non-hydrogen) atoms. The normalized spacial score (nSPS) is 16.1. The van der Waals surface area contributed by atoms with Gasteiger partial charge in [-0.25, -0.2) is 5.43 Å². The van der Waals surface area contributed by atoms with Gasteiger partial charge in [0, 0.05) is 18.8 Å². The van der Waals surface area contributed by atoms with Crippen molar-refractivity contribution in [3.8, 4) is 0 Å². The summed E-state index contributed by atoms with van der Waals surface area (Å²) in [6, 6.07) is 14.9. The van der Waals surface area contributed by atoms with E-state index >= 15 is 0 Å². The fourth-order valence-corrected chi connectivity index (χ4v) is 3.59. The number of piperidine rings is 1. The van der Waals surface area contributed by atoms with Gasteiger partial charge < -0.3 is 5.43 Å². The van der Waals surface area contributed by atoms with Gasteiger partial charge in [0.05, 0.1) is 0 Å². The maximum atomic E-state index is 3.36. The molecule has 134 valence electrons. The Labute approximate surface area is 152 Å².